The number of carbonyl (C=O) groups is 2. The molecule has 16 heavy (non-hydrogen) atoms. The van der Waals surface area contributed by atoms with Gasteiger partial charge in [-0.3, -0.25) is 14.1 Å². The van der Waals surface area contributed by atoms with Crippen molar-refractivity contribution in [3.05, 3.63) is 0 Å². The fourth-order valence-electron chi connectivity index (χ4n) is 0. The summed E-state index contributed by atoms with van der Waals surface area (Å²) in [5.41, 5.74) is 8.67. The monoisotopic (exact) mass is 304 g/mol. The van der Waals surface area contributed by atoms with E-state index in [9.17, 15) is 8.42 Å². The Labute approximate surface area is 130 Å². The molecule has 2 amide bonds. The Morgan fingerprint density at radius 2 is 1.31 bits per heavy atom. The minimum Gasteiger partial charge on any atom is -1.00 e. The van der Waals surface area contributed by atoms with Gasteiger partial charge in [-0.25, -0.2) is 0 Å². The quantitative estimate of drug-likeness (QED) is 0.209. The maximum Gasteiger partial charge on any atom is 1.00 e. The second-order valence-corrected chi connectivity index (χ2v) is 4.17. The van der Waals surface area contributed by atoms with Crippen LogP contribution in [-0.2, 0) is 10.1 Å². The smallest absolute Gasteiger partial charge is 1.00 e. The summed E-state index contributed by atoms with van der Waals surface area (Å²) in [7, 11) is -3.66. The molecule has 0 unspecified atom stereocenters. The summed E-state index contributed by atoms with van der Waals surface area (Å²) in [6.07, 6.45) is 0. The summed E-state index contributed by atoms with van der Waals surface area (Å²) < 4.78 is 26.9. The first-order chi connectivity index (χ1) is 6.02. The van der Waals surface area contributed by atoms with Gasteiger partial charge in [-0.15, -0.1) is 0 Å². The Morgan fingerprint density at radius 1 is 1.25 bits per heavy atom. The molecule has 0 aromatic carbocycles. The van der Waals surface area contributed by atoms with Crippen molar-refractivity contribution in [2.24, 2.45) is 11.5 Å². The average molecular weight is 304 g/mol. The van der Waals surface area contributed by atoms with Gasteiger partial charge in [0.2, 0.25) is 0 Å². The second kappa shape index (κ2) is 17.9. The molecular weight excluding hydrogens is 287 g/mol. The number of hydrogen-bond donors (Lipinski definition) is 5. The van der Waals surface area contributed by atoms with Gasteiger partial charge in [-0.05, 0) is 6.92 Å². The van der Waals surface area contributed by atoms with E-state index in [1.165, 1.54) is 6.92 Å². The van der Waals surface area contributed by atoms with E-state index < -0.39 is 20.6 Å². The molecule has 0 fully saturated rings. The number of nitrogens with two attached hydrogens (primary N) is 2. The number of primary amides is 2. The molecule has 96 valence electrons. The molecule has 0 rings (SSSR count). The number of amides is 2. The summed E-state index contributed by atoms with van der Waals surface area (Å²) in [5.74, 6) is -0.201. The fourth-order valence-corrected chi connectivity index (χ4v) is 0. The number of rotatable bonds is 1. The van der Waals surface area contributed by atoms with E-state index in [1.807, 2.05) is 0 Å². The number of carbonyl (C=O) groups excluding carboxylic acids is 2. The Bertz CT molecular complexity index is 255. The first-order valence-corrected chi connectivity index (χ1v) is 5.45. The van der Waals surface area contributed by atoms with Crippen LogP contribution in [0.1, 0.15) is 15.8 Å². The van der Waals surface area contributed by atoms with Crippen molar-refractivity contribution in [3.8, 4) is 0 Å². The fraction of sp³-hybridized carbons (Fsp3) is 0.600. The molecule has 0 spiro atoms. The van der Waals surface area contributed by atoms with Gasteiger partial charge >= 0.3 is 29.6 Å². The van der Waals surface area contributed by atoms with Crippen LogP contribution >= 0.6 is 25.3 Å². The van der Waals surface area contributed by atoms with E-state index in [4.69, 9.17) is 14.1 Å². The molecule has 11 heteroatoms. The third kappa shape index (κ3) is 212. The van der Waals surface area contributed by atoms with Crippen molar-refractivity contribution in [3.63, 3.8) is 0 Å². The van der Waals surface area contributed by atoms with Gasteiger partial charge in [-0.1, -0.05) is 32.7 Å². The summed E-state index contributed by atoms with van der Waals surface area (Å²) in [6.45, 7) is 1.37. The molecular formula is C5H17N2NaO5S3. The molecule has 0 saturated heterocycles. The molecule has 0 aliphatic carbocycles. The zero-order valence-corrected chi connectivity index (χ0v) is 12.9. The molecule has 0 aromatic heterocycles. The van der Waals surface area contributed by atoms with Crippen LogP contribution in [0.2, 0.25) is 0 Å². The van der Waals surface area contributed by atoms with Gasteiger partial charge in [0, 0.05) is 0 Å². The summed E-state index contributed by atoms with van der Waals surface area (Å²) >= 11 is 6.21. The van der Waals surface area contributed by atoms with Gasteiger partial charge in [0.05, 0.1) is 5.75 Å². The van der Waals surface area contributed by atoms with Gasteiger partial charge < -0.3 is 12.9 Å². The van der Waals surface area contributed by atoms with Gasteiger partial charge in [0.15, 0.2) is 0 Å². The van der Waals surface area contributed by atoms with Gasteiger partial charge in [-0.2, -0.15) is 8.42 Å². The molecule has 5 N–H and O–H groups in total. The Balaban J connectivity index is -0.0000000252. The zero-order valence-electron chi connectivity index (χ0n) is 9.24. The third-order valence-corrected chi connectivity index (χ3v) is 1.09. The van der Waals surface area contributed by atoms with E-state index in [0.29, 0.717) is 0 Å². The number of thiol groups is 2. The van der Waals surface area contributed by atoms with Crippen molar-refractivity contribution in [2.45, 2.75) is 14.4 Å². The third-order valence-electron chi connectivity index (χ3n) is 0.365. The van der Waals surface area contributed by atoms with Crippen LogP contribution in [0.15, 0.2) is 0 Å². The normalized spacial score (nSPS) is 7.50. The van der Waals surface area contributed by atoms with Gasteiger partial charge in [0.25, 0.3) is 20.6 Å². The van der Waals surface area contributed by atoms with Crippen molar-refractivity contribution in [1.82, 2.24) is 0 Å². The second-order valence-electron chi connectivity index (χ2n) is 1.55. The van der Waals surface area contributed by atoms with E-state index in [2.05, 4.69) is 36.7 Å². The van der Waals surface area contributed by atoms with E-state index in [0.717, 1.165) is 0 Å². The molecule has 0 heterocycles. The van der Waals surface area contributed by atoms with E-state index in [-0.39, 0.29) is 44.2 Å². The molecule has 7 nitrogen and oxygen atoms in total. The van der Waals surface area contributed by atoms with Crippen molar-refractivity contribution in [2.75, 3.05) is 5.75 Å². The Hall–Kier alpha value is 0.550. The van der Waals surface area contributed by atoms with Crippen LogP contribution < -0.4 is 41.0 Å². The Kier molecular flexibility index (Phi) is 33.6. The van der Waals surface area contributed by atoms with Crippen molar-refractivity contribution in [1.29, 1.82) is 0 Å². The predicted molar refractivity (Wildman–Crippen MR) is 67.1 cm³/mol. The molecule has 0 aromatic rings. The maximum absolute atomic E-state index is 9.56. The molecule has 0 saturated carbocycles. The van der Waals surface area contributed by atoms with Crippen LogP contribution in [0.4, 0.5) is 9.59 Å². The largest absolute Gasteiger partial charge is 1.00 e. The first kappa shape index (κ1) is 30.0. The summed E-state index contributed by atoms with van der Waals surface area (Å²) in [4.78, 5) is 18.2. The molecule has 0 radical (unpaired) electrons. The maximum atomic E-state index is 9.56. The van der Waals surface area contributed by atoms with Crippen LogP contribution in [0.3, 0.4) is 0 Å². The topological polar surface area (TPSA) is 141 Å². The van der Waals surface area contributed by atoms with E-state index >= 15 is 0 Å². The Morgan fingerprint density at radius 3 is 1.31 bits per heavy atom. The van der Waals surface area contributed by atoms with E-state index in [1.54, 1.807) is 0 Å². The minimum atomic E-state index is -3.66. The zero-order chi connectivity index (χ0) is 12.4. The summed E-state index contributed by atoms with van der Waals surface area (Å²) in [5, 5.41) is -1.28. The minimum absolute atomic E-state index is 0. The van der Waals surface area contributed by atoms with Crippen LogP contribution in [0.25, 0.3) is 0 Å². The van der Waals surface area contributed by atoms with Crippen LogP contribution in [-0.4, -0.2) is 29.2 Å². The first-order valence-electron chi connectivity index (χ1n) is 2.94. The molecule has 0 bridgehead atoms. The standard InChI is InChI=1S/C2H6O3S.2CH3NOS.CH4.Na.H/c1-2-6(3,4)5;2*2-1(3)4;;;/h2H2,1H3,(H,3,4,5);2*(H3,2,3,4);1H4;;/q;;;;+1;-1. The van der Waals surface area contributed by atoms with Crippen LogP contribution in [0.5, 0.6) is 0 Å². The molecule has 0 atom stereocenters. The van der Waals surface area contributed by atoms with Crippen molar-refractivity contribution >= 4 is 45.9 Å². The molecule has 0 aliphatic rings. The molecule has 0 aliphatic heterocycles. The van der Waals surface area contributed by atoms with Crippen molar-refractivity contribution < 1.29 is 53.5 Å². The average Bonchev–Trinajstić information content (AvgIpc) is 1.83. The predicted octanol–water partition coefficient (Wildman–Crippen LogP) is -2.36. The summed E-state index contributed by atoms with van der Waals surface area (Å²) in [6, 6.07) is 0. The number of hydrogen-bond acceptors (Lipinski definition) is 4. The van der Waals surface area contributed by atoms with Crippen LogP contribution in [0, 0.1) is 0 Å². The van der Waals surface area contributed by atoms with Gasteiger partial charge in [0.1, 0.15) is 0 Å². The SMILES string of the molecule is C.CCS(=O)(=O)O.NC(=O)S.NC(=O)S.[H-].[Na+].